The number of aromatic nitrogens is 2. The molecule has 7 heteroatoms. The molecule has 0 atom stereocenters. The van der Waals surface area contributed by atoms with E-state index in [0.717, 1.165) is 0 Å². The van der Waals surface area contributed by atoms with Gasteiger partial charge in [0.1, 0.15) is 5.82 Å². The second-order valence-corrected chi connectivity index (χ2v) is 3.48. The number of carboxylic acids is 1. The molecule has 0 saturated heterocycles. The third-order valence-electron chi connectivity index (χ3n) is 2.32. The van der Waals surface area contributed by atoms with Gasteiger partial charge in [-0.3, -0.25) is 9.78 Å². The maximum Gasteiger partial charge on any atom is 0.358 e. The summed E-state index contributed by atoms with van der Waals surface area (Å²) < 4.78 is 4.55. The van der Waals surface area contributed by atoms with Crippen LogP contribution in [-0.4, -0.2) is 47.2 Å². The monoisotopic (exact) mass is 253 g/mol. The lowest BCUT2D eigenvalue weighted by molar-refractivity contribution is -0.136. The zero-order chi connectivity index (χ0) is 13.5. The molecule has 1 aromatic heterocycles. The van der Waals surface area contributed by atoms with Gasteiger partial charge in [0.05, 0.1) is 25.9 Å². The molecule has 1 aromatic rings. The van der Waals surface area contributed by atoms with Crippen molar-refractivity contribution in [2.24, 2.45) is 0 Å². The Bertz CT molecular complexity index is 436. The van der Waals surface area contributed by atoms with Crippen molar-refractivity contribution in [2.75, 3.05) is 25.1 Å². The zero-order valence-corrected chi connectivity index (χ0v) is 10.3. The molecule has 1 rings (SSSR count). The number of ether oxygens (including phenoxy) is 1. The van der Waals surface area contributed by atoms with Crippen LogP contribution >= 0.6 is 0 Å². The molecule has 0 fully saturated rings. The Morgan fingerprint density at radius 1 is 1.44 bits per heavy atom. The minimum Gasteiger partial charge on any atom is -0.481 e. The molecule has 0 aliphatic rings. The van der Waals surface area contributed by atoms with Gasteiger partial charge in [0.15, 0.2) is 5.69 Å². The molecule has 0 spiro atoms. The van der Waals surface area contributed by atoms with Gasteiger partial charge in [0, 0.05) is 13.1 Å². The van der Waals surface area contributed by atoms with Crippen LogP contribution in [0.1, 0.15) is 23.8 Å². The smallest absolute Gasteiger partial charge is 0.358 e. The molecule has 0 saturated carbocycles. The van der Waals surface area contributed by atoms with Crippen molar-refractivity contribution in [1.82, 2.24) is 9.97 Å². The Morgan fingerprint density at radius 3 is 2.72 bits per heavy atom. The summed E-state index contributed by atoms with van der Waals surface area (Å²) in [5.41, 5.74) is 0.101. The first-order valence-electron chi connectivity index (χ1n) is 5.45. The molecule has 18 heavy (non-hydrogen) atoms. The molecule has 7 nitrogen and oxygen atoms in total. The van der Waals surface area contributed by atoms with Gasteiger partial charge in [-0.05, 0) is 6.92 Å². The van der Waals surface area contributed by atoms with Crippen molar-refractivity contribution < 1.29 is 19.4 Å². The molecule has 0 aliphatic carbocycles. The molecule has 0 radical (unpaired) electrons. The highest BCUT2D eigenvalue weighted by molar-refractivity contribution is 5.87. The number of hydrogen-bond acceptors (Lipinski definition) is 6. The summed E-state index contributed by atoms with van der Waals surface area (Å²) in [6.07, 6.45) is 2.79. The number of carboxylic acid groups (broad SMARTS) is 1. The number of aliphatic carboxylic acids is 1. The highest BCUT2D eigenvalue weighted by Crippen LogP contribution is 2.10. The second-order valence-electron chi connectivity index (χ2n) is 3.48. The number of hydrogen-bond donors (Lipinski definition) is 1. The lowest BCUT2D eigenvalue weighted by atomic mass is 10.3. The molecule has 0 bridgehead atoms. The van der Waals surface area contributed by atoms with Crippen LogP contribution in [0.4, 0.5) is 5.82 Å². The molecule has 0 aromatic carbocycles. The first-order chi connectivity index (χ1) is 8.58. The van der Waals surface area contributed by atoms with Crippen molar-refractivity contribution in [3.05, 3.63) is 18.1 Å². The SMILES string of the molecule is CCN(CCC(=O)O)c1cncc(C(=O)OC)n1. The summed E-state index contributed by atoms with van der Waals surface area (Å²) in [4.78, 5) is 31.6. The van der Waals surface area contributed by atoms with Gasteiger partial charge in [0.2, 0.25) is 0 Å². The van der Waals surface area contributed by atoms with E-state index in [2.05, 4.69) is 14.7 Å². The van der Waals surface area contributed by atoms with Crippen molar-refractivity contribution in [2.45, 2.75) is 13.3 Å². The van der Waals surface area contributed by atoms with Crippen LogP contribution in [0.3, 0.4) is 0 Å². The Morgan fingerprint density at radius 2 is 2.17 bits per heavy atom. The van der Waals surface area contributed by atoms with Gasteiger partial charge in [-0.15, -0.1) is 0 Å². The maximum absolute atomic E-state index is 11.3. The third-order valence-corrected chi connectivity index (χ3v) is 2.32. The lowest BCUT2D eigenvalue weighted by Crippen LogP contribution is -2.27. The van der Waals surface area contributed by atoms with Crippen molar-refractivity contribution in [1.29, 1.82) is 0 Å². The van der Waals surface area contributed by atoms with E-state index >= 15 is 0 Å². The van der Waals surface area contributed by atoms with Gasteiger partial charge >= 0.3 is 11.9 Å². The van der Waals surface area contributed by atoms with E-state index < -0.39 is 11.9 Å². The Labute approximate surface area is 104 Å². The van der Waals surface area contributed by atoms with E-state index in [-0.39, 0.29) is 12.1 Å². The molecule has 0 amide bonds. The summed E-state index contributed by atoms with van der Waals surface area (Å²) in [6.45, 7) is 2.76. The summed E-state index contributed by atoms with van der Waals surface area (Å²) in [5.74, 6) is -0.995. The quantitative estimate of drug-likeness (QED) is 0.740. The number of esters is 1. The molecule has 98 valence electrons. The summed E-state index contributed by atoms with van der Waals surface area (Å²) >= 11 is 0. The molecular formula is C11H15N3O4. The van der Waals surface area contributed by atoms with E-state index in [1.807, 2.05) is 6.92 Å². The highest BCUT2D eigenvalue weighted by atomic mass is 16.5. The van der Waals surface area contributed by atoms with Crippen LogP contribution in [-0.2, 0) is 9.53 Å². The molecule has 1 N–H and O–H groups in total. The minimum atomic E-state index is -0.884. The van der Waals surface area contributed by atoms with E-state index in [1.54, 1.807) is 4.90 Å². The summed E-state index contributed by atoms with van der Waals surface area (Å²) in [6, 6.07) is 0. The maximum atomic E-state index is 11.3. The molecule has 0 aliphatic heterocycles. The Balaban J connectivity index is 2.85. The van der Waals surface area contributed by atoms with Gasteiger partial charge in [0.25, 0.3) is 0 Å². The standard InChI is InChI=1S/C11H15N3O4/c1-3-14(5-4-10(15)16)9-7-12-6-8(13-9)11(17)18-2/h6-7H,3-5H2,1-2H3,(H,15,16). The van der Waals surface area contributed by atoms with Crippen molar-refractivity contribution in [3.8, 4) is 0 Å². The van der Waals surface area contributed by atoms with Crippen molar-refractivity contribution in [3.63, 3.8) is 0 Å². The predicted octanol–water partition coefficient (Wildman–Crippen LogP) is 0.564. The number of methoxy groups -OCH3 is 1. The van der Waals surface area contributed by atoms with Crippen LogP contribution in [0.2, 0.25) is 0 Å². The van der Waals surface area contributed by atoms with E-state index in [4.69, 9.17) is 5.11 Å². The topological polar surface area (TPSA) is 92.6 Å². The first kappa shape index (κ1) is 13.9. The van der Waals surface area contributed by atoms with E-state index in [0.29, 0.717) is 18.9 Å². The van der Waals surface area contributed by atoms with Gasteiger partial charge < -0.3 is 14.7 Å². The van der Waals surface area contributed by atoms with Gasteiger partial charge in [-0.2, -0.15) is 0 Å². The number of carbonyl (C=O) groups excluding carboxylic acids is 1. The lowest BCUT2D eigenvalue weighted by Gasteiger charge is -2.20. The summed E-state index contributed by atoms with van der Waals surface area (Å²) in [5, 5.41) is 8.65. The molecule has 0 unspecified atom stereocenters. The van der Waals surface area contributed by atoms with Crippen LogP contribution in [0.25, 0.3) is 0 Å². The molecule has 1 heterocycles. The number of carbonyl (C=O) groups is 2. The fraction of sp³-hybridized carbons (Fsp3) is 0.455. The number of nitrogens with zero attached hydrogens (tertiary/aromatic N) is 3. The largest absolute Gasteiger partial charge is 0.481 e. The van der Waals surface area contributed by atoms with Gasteiger partial charge in [-0.1, -0.05) is 0 Å². The fourth-order valence-electron chi connectivity index (χ4n) is 1.38. The average molecular weight is 253 g/mol. The average Bonchev–Trinajstić information content (AvgIpc) is 2.38. The Hall–Kier alpha value is -2.18. The number of anilines is 1. The number of rotatable bonds is 6. The second kappa shape index (κ2) is 6.53. The van der Waals surface area contributed by atoms with E-state index in [9.17, 15) is 9.59 Å². The van der Waals surface area contributed by atoms with Crippen LogP contribution in [0, 0.1) is 0 Å². The van der Waals surface area contributed by atoms with Crippen LogP contribution in [0.5, 0.6) is 0 Å². The fourth-order valence-corrected chi connectivity index (χ4v) is 1.38. The predicted molar refractivity (Wildman–Crippen MR) is 63.5 cm³/mol. The minimum absolute atomic E-state index is 0.00201. The normalized spacial score (nSPS) is 9.89. The van der Waals surface area contributed by atoms with E-state index in [1.165, 1.54) is 19.5 Å². The summed E-state index contributed by atoms with van der Waals surface area (Å²) in [7, 11) is 1.26. The first-order valence-corrected chi connectivity index (χ1v) is 5.45. The van der Waals surface area contributed by atoms with Crippen molar-refractivity contribution >= 4 is 17.8 Å². The van der Waals surface area contributed by atoms with Crippen LogP contribution in [0.15, 0.2) is 12.4 Å². The molecular weight excluding hydrogens is 238 g/mol. The van der Waals surface area contributed by atoms with Crippen LogP contribution < -0.4 is 4.90 Å². The highest BCUT2D eigenvalue weighted by Gasteiger charge is 2.13. The Kier molecular flexibility index (Phi) is 5.04. The third kappa shape index (κ3) is 3.69. The zero-order valence-electron chi connectivity index (χ0n) is 10.3. The van der Waals surface area contributed by atoms with Gasteiger partial charge in [-0.25, -0.2) is 9.78 Å².